The minimum atomic E-state index is -5.17. The number of aromatic nitrogens is 2. The maximum atomic E-state index is 8.52. The van der Waals surface area contributed by atoms with Crippen LogP contribution in [0.2, 0.25) is 0 Å². The first-order valence-electron chi connectivity index (χ1n) is 11.2. The topological polar surface area (TPSA) is 162 Å². The van der Waals surface area contributed by atoms with E-state index in [0.717, 1.165) is 52.5 Å². The van der Waals surface area contributed by atoms with Crippen LogP contribution in [0.1, 0.15) is 6.42 Å². The molecule has 2 heterocycles. The number of aryl methyl sites for hydroxylation is 2. The van der Waals surface area contributed by atoms with Crippen molar-refractivity contribution in [1.82, 2.24) is 0 Å². The molecule has 2 aromatic heterocycles. The Bertz CT molecular complexity index is 1350. The van der Waals surface area contributed by atoms with Gasteiger partial charge in [-0.05, 0) is 87.9 Å². The quantitative estimate of drug-likeness (QED) is 0.0903. The van der Waals surface area contributed by atoms with Gasteiger partial charge in [-0.3, -0.25) is 8.42 Å². The fourth-order valence-electron chi connectivity index (χ4n) is 2.89. The molecule has 200 valence electrons. The van der Waals surface area contributed by atoms with Gasteiger partial charge in [0.1, 0.15) is 23.8 Å². The van der Waals surface area contributed by atoms with Crippen LogP contribution < -0.4 is 19.8 Å². The van der Waals surface area contributed by atoms with E-state index < -0.39 is 10.4 Å². The third-order valence-electron chi connectivity index (χ3n) is 4.77. The average molecular weight is 575 g/mol. The Kier molecular flexibility index (Phi) is 10.9. The normalized spacial score (nSPS) is 11.5. The van der Waals surface area contributed by atoms with Crippen molar-refractivity contribution >= 4 is 66.1 Å². The zero-order valence-corrected chi connectivity index (χ0v) is 23.0. The molecule has 0 aliphatic rings. The Morgan fingerprint density at radius 3 is 1.39 bits per heavy atom. The smallest absolute Gasteiger partial charge is 0.408 e. The summed E-state index contributed by atoms with van der Waals surface area (Å²) in [4.78, 5) is 0. The molecule has 0 aliphatic carbocycles. The van der Waals surface area contributed by atoms with Gasteiger partial charge in [0.15, 0.2) is 0 Å². The summed E-state index contributed by atoms with van der Waals surface area (Å²) >= 11 is 3.13. The van der Waals surface area contributed by atoms with Crippen molar-refractivity contribution in [3.63, 3.8) is 0 Å². The molecule has 0 unspecified atom stereocenters. The Hall–Kier alpha value is -3.63. The minimum Gasteiger partial charge on any atom is -0.759 e. The summed E-state index contributed by atoms with van der Waals surface area (Å²) in [5.74, 6) is 0. The first kappa shape index (κ1) is 28.9. The Morgan fingerprint density at radius 2 is 1.08 bits per heavy atom. The molecule has 4 rings (SSSR count). The predicted octanol–water partition coefficient (Wildman–Crippen LogP) is 4.87. The zero-order chi connectivity index (χ0) is 27.4. The molecule has 0 atom stereocenters. The van der Waals surface area contributed by atoms with Crippen LogP contribution in [0.15, 0.2) is 92.1 Å². The van der Waals surface area contributed by atoms with Gasteiger partial charge in [-0.2, -0.15) is 0 Å². The second-order valence-corrected chi connectivity index (χ2v) is 10.3. The molecular weight excluding hydrogens is 549 g/mol. The van der Waals surface area contributed by atoms with Gasteiger partial charge in [-0.1, -0.05) is 0 Å². The lowest BCUT2D eigenvalue weighted by molar-refractivity contribution is -0.654. The largest absolute Gasteiger partial charge is 0.759 e. The minimum absolute atomic E-state index is 0.836. The van der Waals surface area contributed by atoms with Gasteiger partial charge >= 0.3 is 10.3 Å². The Morgan fingerprint density at radius 1 is 0.711 bits per heavy atom. The summed E-state index contributed by atoms with van der Waals surface area (Å²) in [5.41, 5.74) is 3.82. The number of benzene rings is 2. The zero-order valence-electron chi connectivity index (χ0n) is 20.6. The molecule has 2 aromatic carbocycles. The molecule has 12 nitrogen and oxygen atoms in total. The lowest BCUT2D eigenvalue weighted by Crippen LogP contribution is -2.23. The van der Waals surface area contributed by atoms with Crippen molar-refractivity contribution in [2.24, 2.45) is 34.6 Å². The molecular formula is C23H26N8O4S3. The van der Waals surface area contributed by atoms with E-state index in [-0.39, 0.29) is 0 Å². The van der Waals surface area contributed by atoms with E-state index in [2.05, 4.69) is 31.1 Å². The number of nitrogens with one attached hydrogen (secondary N) is 2. The van der Waals surface area contributed by atoms with Crippen LogP contribution in [0.5, 0.6) is 0 Å². The van der Waals surface area contributed by atoms with Crippen molar-refractivity contribution in [2.75, 3.05) is 23.7 Å². The number of nitrogens with zero attached hydrogens (tertiary/aromatic N) is 6. The van der Waals surface area contributed by atoms with E-state index >= 15 is 0 Å². The fourth-order valence-corrected chi connectivity index (χ4v) is 4.25. The van der Waals surface area contributed by atoms with Crippen molar-refractivity contribution in [3.8, 4) is 0 Å². The second-order valence-electron chi connectivity index (χ2n) is 7.70. The van der Waals surface area contributed by atoms with Gasteiger partial charge in [-0.15, -0.1) is 0 Å². The number of azo groups is 2. The van der Waals surface area contributed by atoms with Gasteiger partial charge in [-0.25, -0.2) is 9.13 Å². The first-order valence-corrected chi connectivity index (χ1v) is 14.3. The van der Waals surface area contributed by atoms with Crippen LogP contribution in [0.25, 0.3) is 0 Å². The number of hydrogen-bond donors (Lipinski definition) is 2. The summed E-state index contributed by atoms with van der Waals surface area (Å²) in [5, 5.41) is 29.7. The van der Waals surface area contributed by atoms with E-state index in [0.29, 0.717) is 0 Å². The van der Waals surface area contributed by atoms with Gasteiger partial charge in [0, 0.05) is 45.6 Å². The van der Waals surface area contributed by atoms with E-state index in [9.17, 15) is 0 Å². The number of anilines is 2. The molecule has 0 saturated heterocycles. The highest BCUT2D eigenvalue weighted by atomic mass is 32.3. The third kappa shape index (κ3) is 10.8. The van der Waals surface area contributed by atoms with Crippen LogP contribution in [0, 0.1) is 0 Å². The van der Waals surface area contributed by atoms with Crippen molar-refractivity contribution < 1.29 is 26.7 Å². The summed E-state index contributed by atoms with van der Waals surface area (Å²) in [7, 11) is -1.25. The third-order valence-corrected chi connectivity index (χ3v) is 6.44. The van der Waals surface area contributed by atoms with Crippen LogP contribution in [-0.4, -0.2) is 30.6 Å². The molecule has 38 heavy (non-hydrogen) atoms. The molecule has 0 radical (unpaired) electrons. The van der Waals surface area contributed by atoms with E-state index in [4.69, 9.17) is 17.5 Å². The summed E-state index contributed by atoms with van der Waals surface area (Å²) < 4.78 is 38.0. The summed E-state index contributed by atoms with van der Waals surface area (Å²) in [6, 6.07) is 16.0. The van der Waals surface area contributed by atoms with E-state index in [1.807, 2.05) is 94.9 Å². The van der Waals surface area contributed by atoms with E-state index in [1.54, 1.807) is 22.7 Å². The highest BCUT2D eigenvalue weighted by molar-refractivity contribution is 7.79. The lowest BCUT2D eigenvalue weighted by Gasteiger charge is -2.08. The molecule has 0 fully saturated rings. The molecule has 0 amide bonds. The molecule has 0 spiro atoms. The molecule has 15 heteroatoms. The lowest BCUT2D eigenvalue weighted by atomic mass is 10.2. The average Bonchev–Trinajstić information content (AvgIpc) is 3.48. The van der Waals surface area contributed by atoms with E-state index in [1.165, 1.54) is 0 Å². The highest BCUT2D eigenvalue weighted by Crippen LogP contribution is 2.22. The van der Waals surface area contributed by atoms with Crippen molar-refractivity contribution in [3.05, 3.63) is 71.7 Å². The van der Waals surface area contributed by atoms with Gasteiger partial charge in [0.05, 0.1) is 24.3 Å². The standard InChI is InChI=1S/C23H24N8S2.H2O4S/c1-30-14-16-32-22(30)28-26-20-8-4-18(5-9-20)24-12-3-13-25-19-6-10-21(11-7-19)27-29-23-31(2)15-17-33-23;1-5(2,3)4/h4-11,14-17H,3,12-13H2,1-2H3;(H2,1,2,3,4). The fraction of sp³-hybridized carbons (Fsp3) is 0.217. The summed E-state index contributed by atoms with van der Waals surface area (Å²) in [6.07, 6.45) is 4.93. The highest BCUT2D eigenvalue weighted by Gasteiger charge is 2.08. The van der Waals surface area contributed by atoms with Gasteiger partial charge in [0.25, 0.3) is 0 Å². The molecule has 2 N–H and O–H groups in total. The van der Waals surface area contributed by atoms with Crippen LogP contribution in [0.3, 0.4) is 0 Å². The van der Waals surface area contributed by atoms with Crippen molar-refractivity contribution in [1.29, 1.82) is 0 Å². The monoisotopic (exact) mass is 574 g/mol. The van der Waals surface area contributed by atoms with Gasteiger partial charge < -0.3 is 19.7 Å². The van der Waals surface area contributed by atoms with Crippen molar-refractivity contribution in [2.45, 2.75) is 6.42 Å². The number of rotatable bonds is 10. The Balaban J connectivity index is 0.000000732. The number of hydrogen-bond acceptors (Lipinski definition) is 12. The predicted molar refractivity (Wildman–Crippen MR) is 144 cm³/mol. The summed E-state index contributed by atoms with van der Waals surface area (Å²) in [6.45, 7) is 1.76. The first-order chi connectivity index (χ1) is 18.2. The molecule has 0 saturated carbocycles. The molecule has 4 aromatic rings. The Labute approximate surface area is 228 Å². The van der Waals surface area contributed by atoms with Crippen LogP contribution >= 0.6 is 22.7 Å². The second kappa shape index (κ2) is 14.3. The molecule has 0 aliphatic heterocycles. The maximum absolute atomic E-state index is 8.52. The number of thiazole rings is 2. The SMILES string of the molecule is C[n+]1ccsc1N=Nc1ccc(NCCCNc2ccc(N=Nc3scc[n+]3C)cc2)cc1.O=S(=O)([O-])[O-]. The molecule has 0 bridgehead atoms. The van der Waals surface area contributed by atoms with Crippen LogP contribution in [0.4, 0.5) is 33.0 Å². The van der Waals surface area contributed by atoms with Crippen LogP contribution in [-0.2, 0) is 24.5 Å². The van der Waals surface area contributed by atoms with Gasteiger partial charge in [0.2, 0.25) is 0 Å². The maximum Gasteiger partial charge on any atom is 0.408 e.